The topological polar surface area (TPSA) is 107 Å². The minimum Gasteiger partial charge on any atom is -0.481 e. The van der Waals surface area contributed by atoms with Crippen molar-refractivity contribution < 1.29 is 24.9 Å². The molecule has 0 saturated carbocycles. The summed E-state index contributed by atoms with van der Waals surface area (Å²) in [5, 5.41) is 28.1. The van der Waals surface area contributed by atoms with E-state index in [4.69, 9.17) is 10.2 Å². The van der Waals surface area contributed by atoms with Crippen LogP contribution in [-0.2, 0) is 9.59 Å². The number of carbonyl (C=O) groups is 2. The van der Waals surface area contributed by atoms with Gasteiger partial charge in [0.1, 0.15) is 12.0 Å². The third kappa shape index (κ3) is 6.06. The van der Waals surface area contributed by atoms with Gasteiger partial charge in [0, 0.05) is 6.54 Å². The predicted molar refractivity (Wildman–Crippen MR) is 43.0 cm³/mol. The zero-order valence-electron chi connectivity index (χ0n) is 7.28. The van der Waals surface area contributed by atoms with Crippen molar-refractivity contribution in [3.05, 3.63) is 0 Å². The second kappa shape index (κ2) is 4.78. The van der Waals surface area contributed by atoms with E-state index < -0.39 is 30.5 Å². The predicted octanol–water partition coefficient (Wildman–Crippen LogP) is -1.68. The summed E-state index contributed by atoms with van der Waals surface area (Å²) in [4.78, 5) is 20.8. The summed E-state index contributed by atoms with van der Waals surface area (Å²) in [5.41, 5.74) is -1.41. The van der Waals surface area contributed by atoms with Gasteiger partial charge in [0.15, 0.2) is 0 Å². The molecule has 1 atom stereocenters. The number of hydrogen-bond donors (Lipinski definition) is 4. The first-order chi connectivity index (χ1) is 5.87. The van der Waals surface area contributed by atoms with Gasteiger partial charge < -0.3 is 20.6 Å². The summed E-state index contributed by atoms with van der Waals surface area (Å²) in [6, 6.07) is 0. The number of carboxylic acid groups (broad SMARTS) is 1. The summed E-state index contributed by atoms with van der Waals surface area (Å²) in [5.74, 6) is -1.93. The highest BCUT2D eigenvalue weighted by Crippen LogP contribution is 1.98. The molecule has 0 aliphatic rings. The lowest BCUT2D eigenvalue weighted by molar-refractivity contribution is -0.141. The number of rotatable bonds is 5. The molecule has 4 N–H and O–H groups in total. The molecule has 0 bridgehead atoms. The van der Waals surface area contributed by atoms with E-state index in [1.165, 1.54) is 6.92 Å². The van der Waals surface area contributed by atoms with Gasteiger partial charge in [-0.15, -0.1) is 0 Å². The van der Waals surface area contributed by atoms with Crippen molar-refractivity contribution in [2.45, 2.75) is 18.9 Å². The number of aliphatic hydroxyl groups is 2. The molecule has 1 unspecified atom stereocenters. The van der Waals surface area contributed by atoms with Crippen LogP contribution in [0.4, 0.5) is 0 Å². The summed E-state index contributed by atoms with van der Waals surface area (Å²) in [7, 11) is 0. The van der Waals surface area contributed by atoms with Crippen molar-refractivity contribution in [2.75, 3.05) is 13.2 Å². The SMILES string of the molecule is CC(O)(CO)CNC(=O)CC(=O)O. The van der Waals surface area contributed by atoms with Crippen LogP contribution in [0.2, 0.25) is 0 Å². The zero-order chi connectivity index (χ0) is 10.5. The molecule has 0 aliphatic heterocycles. The van der Waals surface area contributed by atoms with Gasteiger partial charge in [-0.05, 0) is 6.92 Å². The van der Waals surface area contributed by atoms with E-state index in [9.17, 15) is 14.7 Å². The van der Waals surface area contributed by atoms with Crippen LogP contribution in [0, 0.1) is 0 Å². The van der Waals surface area contributed by atoms with Crippen molar-refractivity contribution in [3.63, 3.8) is 0 Å². The maximum absolute atomic E-state index is 10.7. The number of amides is 1. The molecule has 6 heteroatoms. The minimum absolute atomic E-state index is 0.171. The van der Waals surface area contributed by atoms with Gasteiger partial charge in [0.05, 0.1) is 6.61 Å². The Morgan fingerprint density at radius 3 is 2.38 bits per heavy atom. The smallest absolute Gasteiger partial charge is 0.312 e. The number of hydrogen-bond acceptors (Lipinski definition) is 4. The Morgan fingerprint density at radius 2 is 2.00 bits per heavy atom. The van der Waals surface area contributed by atoms with E-state index >= 15 is 0 Å². The summed E-state index contributed by atoms with van der Waals surface area (Å²) in [6.45, 7) is 0.657. The van der Waals surface area contributed by atoms with Crippen LogP contribution in [0.1, 0.15) is 13.3 Å². The van der Waals surface area contributed by atoms with Gasteiger partial charge in [0.2, 0.25) is 5.91 Å². The maximum atomic E-state index is 10.7. The second-order valence-corrected chi connectivity index (χ2v) is 3.00. The van der Waals surface area contributed by atoms with Crippen LogP contribution >= 0.6 is 0 Å². The van der Waals surface area contributed by atoms with E-state index in [1.807, 2.05) is 0 Å². The Hall–Kier alpha value is -1.14. The van der Waals surface area contributed by atoms with Crippen molar-refractivity contribution in [2.24, 2.45) is 0 Å². The molecule has 0 fully saturated rings. The van der Waals surface area contributed by atoms with Gasteiger partial charge in [-0.2, -0.15) is 0 Å². The summed E-state index contributed by atoms with van der Waals surface area (Å²) < 4.78 is 0. The number of aliphatic hydroxyl groups excluding tert-OH is 1. The van der Waals surface area contributed by atoms with Crippen molar-refractivity contribution >= 4 is 11.9 Å². The van der Waals surface area contributed by atoms with Crippen LogP contribution in [0.25, 0.3) is 0 Å². The standard InChI is InChI=1S/C7H13NO5/c1-7(13,4-9)3-8-5(10)2-6(11)12/h9,13H,2-4H2,1H3,(H,8,10)(H,11,12). The Kier molecular flexibility index (Phi) is 4.36. The lowest BCUT2D eigenvalue weighted by Crippen LogP contribution is -2.43. The molecule has 0 aromatic carbocycles. The molecule has 0 rings (SSSR count). The highest BCUT2D eigenvalue weighted by Gasteiger charge is 2.20. The quantitative estimate of drug-likeness (QED) is 0.388. The van der Waals surface area contributed by atoms with Crippen molar-refractivity contribution in [1.29, 1.82) is 0 Å². The van der Waals surface area contributed by atoms with E-state index in [0.717, 1.165) is 0 Å². The summed E-state index contributed by atoms with van der Waals surface area (Å²) in [6.07, 6.45) is -0.637. The first-order valence-electron chi connectivity index (χ1n) is 3.69. The lowest BCUT2D eigenvalue weighted by atomic mass is 10.1. The number of carboxylic acids is 1. The second-order valence-electron chi connectivity index (χ2n) is 3.00. The molecule has 13 heavy (non-hydrogen) atoms. The van der Waals surface area contributed by atoms with Gasteiger partial charge in [-0.3, -0.25) is 9.59 Å². The third-order valence-corrected chi connectivity index (χ3v) is 1.32. The molecular formula is C7H13NO5. The lowest BCUT2D eigenvalue weighted by Gasteiger charge is -2.20. The third-order valence-electron chi connectivity index (χ3n) is 1.32. The zero-order valence-corrected chi connectivity index (χ0v) is 7.28. The van der Waals surface area contributed by atoms with E-state index in [1.54, 1.807) is 0 Å². The number of nitrogens with one attached hydrogen (secondary N) is 1. The van der Waals surface area contributed by atoms with Crippen LogP contribution in [-0.4, -0.2) is 45.9 Å². The minimum atomic E-state index is -1.41. The molecule has 76 valence electrons. The molecule has 0 aliphatic carbocycles. The molecule has 0 aromatic heterocycles. The summed E-state index contributed by atoms with van der Waals surface area (Å²) >= 11 is 0. The Balaban J connectivity index is 3.76. The average molecular weight is 191 g/mol. The molecule has 1 amide bonds. The van der Waals surface area contributed by atoms with Gasteiger partial charge in [0.25, 0.3) is 0 Å². The molecular weight excluding hydrogens is 178 g/mol. The van der Waals surface area contributed by atoms with E-state index in [-0.39, 0.29) is 6.54 Å². The van der Waals surface area contributed by atoms with Gasteiger partial charge in [-0.25, -0.2) is 0 Å². The molecule has 0 radical (unpaired) electrons. The van der Waals surface area contributed by atoms with Gasteiger partial charge >= 0.3 is 5.97 Å². The van der Waals surface area contributed by atoms with E-state index in [2.05, 4.69) is 5.32 Å². The Labute approximate surface area is 75.2 Å². The number of aliphatic carboxylic acids is 1. The molecule has 0 saturated heterocycles. The van der Waals surface area contributed by atoms with E-state index in [0.29, 0.717) is 0 Å². The van der Waals surface area contributed by atoms with Crippen LogP contribution in [0.15, 0.2) is 0 Å². The number of carbonyl (C=O) groups excluding carboxylic acids is 1. The van der Waals surface area contributed by atoms with Crippen LogP contribution in [0.5, 0.6) is 0 Å². The first-order valence-corrected chi connectivity index (χ1v) is 3.69. The fourth-order valence-corrected chi connectivity index (χ4v) is 0.545. The first kappa shape index (κ1) is 11.9. The van der Waals surface area contributed by atoms with Crippen molar-refractivity contribution in [1.82, 2.24) is 5.32 Å². The monoisotopic (exact) mass is 191 g/mol. The average Bonchev–Trinajstić information content (AvgIpc) is 2.00. The highest BCUT2D eigenvalue weighted by atomic mass is 16.4. The maximum Gasteiger partial charge on any atom is 0.312 e. The largest absolute Gasteiger partial charge is 0.481 e. The van der Waals surface area contributed by atoms with Crippen LogP contribution in [0.3, 0.4) is 0 Å². The fourth-order valence-electron chi connectivity index (χ4n) is 0.545. The Bertz CT molecular complexity index is 201. The highest BCUT2D eigenvalue weighted by molar-refractivity contribution is 5.93. The fraction of sp³-hybridized carbons (Fsp3) is 0.714. The Morgan fingerprint density at radius 1 is 1.46 bits per heavy atom. The van der Waals surface area contributed by atoms with Gasteiger partial charge in [-0.1, -0.05) is 0 Å². The molecule has 6 nitrogen and oxygen atoms in total. The normalized spacial score (nSPS) is 14.7. The van der Waals surface area contributed by atoms with Crippen molar-refractivity contribution in [3.8, 4) is 0 Å². The molecule has 0 heterocycles. The molecule has 0 aromatic rings. The van der Waals surface area contributed by atoms with Crippen LogP contribution < -0.4 is 5.32 Å². The molecule has 0 spiro atoms.